The molecule has 2 saturated carbocycles. The van der Waals surface area contributed by atoms with Gasteiger partial charge in [0.05, 0.1) is 16.9 Å². The lowest BCUT2D eigenvalue weighted by molar-refractivity contribution is -0.149. The van der Waals surface area contributed by atoms with E-state index in [9.17, 15) is 29.1 Å². The molecule has 1 aromatic heterocycles. The molecule has 3 aromatic carbocycles. The number of rotatable bonds is 7. The molecule has 0 spiro atoms. The summed E-state index contributed by atoms with van der Waals surface area (Å²) in [7, 11) is 0. The van der Waals surface area contributed by atoms with Crippen molar-refractivity contribution in [2.45, 2.75) is 22.6 Å². The number of imide groups is 1. The van der Waals surface area contributed by atoms with Crippen LogP contribution in [0.15, 0.2) is 76.6 Å². The number of fused-ring (bicyclic) bond motifs is 10. The fourth-order valence-electron chi connectivity index (χ4n) is 8.19. The Morgan fingerprint density at radius 1 is 0.956 bits per heavy atom. The van der Waals surface area contributed by atoms with E-state index < -0.39 is 36.2 Å². The molecule has 4 aliphatic rings. The number of carboxylic acids is 1. The monoisotopic (exact) mass is 641 g/mol. The van der Waals surface area contributed by atoms with Gasteiger partial charge in [-0.15, -0.1) is 11.8 Å². The van der Waals surface area contributed by atoms with Crippen molar-refractivity contribution in [3.05, 3.63) is 86.8 Å². The van der Waals surface area contributed by atoms with Crippen LogP contribution in [0.4, 0.5) is 5.69 Å². The number of carbonyl (C=O) groups excluding carboxylic acids is 3. The Hall–Kier alpha value is -4.42. The van der Waals surface area contributed by atoms with Gasteiger partial charge in [0, 0.05) is 27.3 Å². The second kappa shape index (κ2) is 10.6. The maximum Gasteiger partial charge on any atom is 0.323 e. The van der Waals surface area contributed by atoms with E-state index in [2.05, 4.69) is 10.3 Å². The number of ether oxygens (including phenoxy) is 1. The number of carbonyl (C=O) groups is 4. The van der Waals surface area contributed by atoms with Crippen molar-refractivity contribution >= 4 is 63.2 Å². The van der Waals surface area contributed by atoms with Crippen molar-refractivity contribution in [3.63, 3.8) is 0 Å². The number of anilines is 1. The van der Waals surface area contributed by atoms with Crippen LogP contribution in [0.2, 0.25) is 0 Å². The second-order valence-corrected chi connectivity index (χ2v) is 14.3. The maximum absolute atomic E-state index is 13.5. The van der Waals surface area contributed by atoms with Crippen molar-refractivity contribution in [2.75, 3.05) is 18.5 Å². The number of benzene rings is 3. The molecule has 3 heterocycles. The minimum atomic E-state index is -1.22. The van der Waals surface area contributed by atoms with Gasteiger partial charge in [-0.05, 0) is 53.1 Å². The number of nitrogens with one attached hydrogen (secondary N) is 2. The summed E-state index contributed by atoms with van der Waals surface area (Å²) in [4.78, 5) is 68.4. The first-order valence-electron chi connectivity index (χ1n) is 14.8. The minimum Gasteiger partial charge on any atom is -0.483 e. The van der Waals surface area contributed by atoms with E-state index in [1.807, 2.05) is 60.7 Å². The van der Waals surface area contributed by atoms with Gasteiger partial charge >= 0.3 is 10.8 Å². The predicted octanol–water partition coefficient (Wildman–Crippen LogP) is 4.17. The summed E-state index contributed by atoms with van der Waals surface area (Å²) in [6.07, 6.45) is 0.683. The standard InChI is InChI=1S/C33H27N3O7S2/c37-22(34-17-10-9-15-5-1-2-6-16(15)11-17)14-43-21-8-4-3-7-18(21)24-25-19-12-20(28(25)44-30-29(24)45-33(42)35-30)27-26(19)31(40)36(32(27)41)13-23(38)39/h1-11,19-20,24-28H,12-14H2,(H,34,37)(H,35,42)(H,38,39)/t19?,20?,24-,25?,26?,27?,28?/m1/s1. The molecule has 228 valence electrons. The largest absolute Gasteiger partial charge is 0.483 e. The summed E-state index contributed by atoms with van der Waals surface area (Å²) >= 11 is 2.69. The highest BCUT2D eigenvalue weighted by Gasteiger charge is 2.69. The van der Waals surface area contributed by atoms with Gasteiger partial charge in [0.25, 0.3) is 5.91 Å². The normalized spacial score (nSPS) is 27.7. The molecule has 6 unspecified atom stereocenters. The molecule has 7 atom stereocenters. The fourth-order valence-corrected chi connectivity index (χ4v) is 11.1. The Kier molecular flexibility index (Phi) is 6.61. The number of aromatic amines is 1. The molecule has 45 heavy (non-hydrogen) atoms. The molecule has 3 N–H and O–H groups in total. The van der Waals surface area contributed by atoms with Crippen LogP contribution in [-0.2, 0) is 19.2 Å². The quantitative estimate of drug-likeness (QED) is 0.255. The molecule has 2 aliphatic heterocycles. The van der Waals surface area contributed by atoms with E-state index in [4.69, 9.17) is 4.74 Å². The molecular formula is C33H27N3O7S2. The van der Waals surface area contributed by atoms with Crippen LogP contribution < -0.4 is 14.9 Å². The van der Waals surface area contributed by atoms with E-state index in [1.54, 1.807) is 17.8 Å². The highest BCUT2D eigenvalue weighted by Crippen LogP contribution is 2.69. The van der Waals surface area contributed by atoms with Crippen molar-refractivity contribution in [3.8, 4) is 5.75 Å². The van der Waals surface area contributed by atoms with E-state index in [1.165, 1.54) is 0 Å². The molecule has 3 fully saturated rings. The van der Waals surface area contributed by atoms with Gasteiger partial charge in [0.15, 0.2) is 6.61 Å². The molecular weight excluding hydrogens is 615 g/mol. The first-order chi connectivity index (χ1) is 21.8. The summed E-state index contributed by atoms with van der Waals surface area (Å²) in [5.41, 5.74) is 1.47. The Morgan fingerprint density at radius 2 is 1.69 bits per heavy atom. The third-order valence-corrected chi connectivity index (χ3v) is 12.3. The fraction of sp³-hybridized carbons (Fsp3) is 0.303. The number of hydrogen-bond donors (Lipinski definition) is 3. The van der Waals surface area contributed by atoms with Crippen LogP contribution in [0.25, 0.3) is 10.8 Å². The summed E-state index contributed by atoms with van der Waals surface area (Å²) in [5, 5.41) is 15.0. The molecule has 10 nitrogen and oxygen atoms in total. The van der Waals surface area contributed by atoms with Crippen LogP contribution in [-0.4, -0.2) is 57.1 Å². The summed E-state index contributed by atoms with van der Waals surface area (Å²) in [5.74, 6) is -3.64. The minimum absolute atomic E-state index is 0.0511. The number of H-pyrrole nitrogens is 1. The zero-order valence-corrected chi connectivity index (χ0v) is 25.3. The number of nitrogens with zero attached hydrogens (tertiary/aromatic N) is 1. The van der Waals surface area contributed by atoms with E-state index in [0.29, 0.717) is 17.9 Å². The highest BCUT2D eigenvalue weighted by molar-refractivity contribution is 8.00. The lowest BCUT2D eigenvalue weighted by Gasteiger charge is -2.43. The Labute approximate surface area is 264 Å². The van der Waals surface area contributed by atoms with Crippen LogP contribution in [0.1, 0.15) is 22.8 Å². The second-order valence-electron chi connectivity index (χ2n) is 12.1. The third-order valence-electron chi connectivity index (χ3n) is 9.75. The van der Waals surface area contributed by atoms with E-state index in [-0.39, 0.29) is 46.3 Å². The predicted molar refractivity (Wildman–Crippen MR) is 167 cm³/mol. The smallest absolute Gasteiger partial charge is 0.323 e. The summed E-state index contributed by atoms with van der Waals surface area (Å²) < 4.78 is 6.15. The number of aliphatic carboxylic acids is 1. The first-order valence-corrected chi connectivity index (χ1v) is 16.4. The van der Waals surface area contributed by atoms with Gasteiger partial charge in [-0.1, -0.05) is 59.9 Å². The zero-order chi connectivity index (χ0) is 31.0. The van der Waals surface area contributed by atoms with Gasteiger partial charge in [0.1, 0.15) is 12.3 Å². The molecule has 4 aromatic rings. The Bertz CT molecular complexity index is 1970. The maximum atomic E-state index is 13.5. The molecule has 8 rings (SSSR count). The van der Waals surface area contributed by atoms with Crippen LogP contribution in [0.3, 0.4) is 0 Å². The molecule has 2 aliphatic carbocycles. The van der Waals surface area contributed by atoms with Gasteiger partial charge in [-0.2, -0.15) is 0 Å². The summed E-state index contributed by atoms with van der Waals surface area (Å²) in [6.45, 7) is -0.863. The lowest BCUT2D eigenvalue weighted by atomic mass is 9.68. The van der Waals surface area contributed by atoms with Crippen molar-refractivity contribution in [1.82, 2.24) is 9.88 Å². The number of likely N-dealkylation sites (tertiary alicyclic amines) is 1. The van der Waals surface area contributed by atoms with Crippen molar-refractivity contribution < 1.29 is 29.0 Å². The SMILES string of the molecule is O=C(O)CN1C(=O)C2C3CC(C2C1=O)C1C3Sc2[nH]c(=O)sc2[C@@H]1c1ccccc1OCC(=O)Nc1ccc2ccccc2c1. The molecule has 12 heteroatoms. The number of para-hydroxylation sites is 1. The Balaban J connectivity index is 1.09. The number of hydrogen-bond acceptors (Lipinski definition) is 8. The topological polar surface area (TPSA) is 146 Å². The number of thioether (sulfide) groups is 1. The first kappa shape index (κ1) is 28.1. The van der Waals surface area contributed by atoms with Crippen LogP contribution >= 0.6 is 23.1 Å². The van der Waals surface area contributed by atoms with Gasteiger partial charge in [-0.3, -0.25) is 28.9 Å². The van der Waals surface area contributed by atoms with Gasteiger partial charge in [0.2, 0.25) is 11.8 Å². The summed E-state index contributed by atoms with van der Waals surface area (Å²) in [6, 6.07) is 21.0. The van der Waals surface area contributed by atoms with Crippen LogP contribution in [0, 0.1) is 29.6 Å². The van der Waals surface area contributed by atoms with Crippen molar-refractivity contribution in [2.24, 2.45) is 29.6 Å². The highest BCUT2D eigenvalue weighted by atomic mass is 32.2. The molecule has 1 saturated heterocycles. The van der Waals surface area contributed by atoms with Crippen LogP contribution in [0.5, 0.6) is 5.75 Å². The van der Waals surface area contributed by atoms with E-state index >= 15 is 0 Å². The Morgan fingerprint density at radius 3 is 2.49 bits per heavy atom. The molecule has 0 radical (unpaired) electrons. The number of thiazole rings is 1. The average Bonchev–Trinajstić information content (AvgIpc) is 3.76. The average molecular weight is 642 g/mol. The molecule has 3 amide bonds. The zero-order valence-electron chi connectivity index (χ0n) is 23.7. The third kappa shape index (κ3) is 4.49. The lowest BCUT2D eigenvalue weighted by Crippen LogP contribution is -2.42. The van der Waals surface area contributed by atoms with Gasteiger partial charge in [-0.25, -0.2) is 0 Å². The van der Waals surface area contributed by atoms with Gasteiger partial charge < -0.3 is 20.1 Å². The van der Waals surface area contributed by atoms with Crippen molar-refractivity contribution in [1.29, 1.82) is 0 Å². The number of carboxylic acid groups (broad SMARTS) is 1. The van der Waals surface area contributed by atoms with E-state index in [0.717, 1.165) is 42.5 Å². The molecule has 2 bridgehead atoms. The number of amides is 3. The number of aromatic nitrogens is 1.